The molecule has 2 nitrogen and oxygen atoms in total. The van der Waals surface area contributed by atoms with Gasteiger partial charge < -0.3 is 0 Å². The summed E-state index contributed by atoms with van der Waals surface area (Å²) >= 11 is 0. The predicted octanol–water partition coefficient (Wildman–Crippen LogP) is 7.66. The summed E-state index contributed by atoms with van der Waals surface area (Å²) in [5.41, 5.74) is 11.6. The third-order valence-corrected chi connectivity index (χ3v) is 6.42. The van der Waals surface area contributed by atoms with Crippen LogP contribution in [0.15, 0.2) is 54.9 Å². The molecule has 2 heterocycles. The second kappa shape index (κ2) is 6.70. The Labute approximate surface area is 178 Å². The lowest BCUT2D eigenvalue weighted by Gasteiger charge is -2.20. The fourth-order valence-corrected chi connectivity index (χ4v) is 5.28. The van der Waals surface area contributed by atoms with Crippen LogP contribution in [0.4, 0.5) is 0 Å². The van der Waals surface area contributed by atoms with Crippen LogP contribution in [0.3, 0.4) is 0 Å². The highest BCUT2D eigenvalue weighted by Crippen LogP contribution is 2.42. The van der Waals surface area contributed by atoms with Crippen LogP contribution in [0.25, 0.3) is 38.4 Å². The molecule has 0 fully saturated rings. The van der Waals surface area contributed by atoms with Gasteiger partial charge in [0.1, 0.15) is 5.65 Å². The van der Waals surface area contributed by atoms with Gasteiger partial charge in [0.05, 0.1) is 5.52 Å². The molecule has 0 aliphatic carbocycles. The van der Waals surface area contributed by atoms with Crippen molar-refractivity contribution in [1.29, 1.82) is 0 Å². The summed E-state index contributed by atoms with van der Waals surface area (Å²) in [4.78, 5) is 4.84. The second-order valence-corrected chi connectivity index (χ2v) is 8.97. The van der Waals surface area contributed by atoms with Crippen LogP contribution in [0.5, 0.6) is 0 Å². The van der Waals surface area contributed by atoms with Gasteiger partial charge >= 0.3 is 0 Å². The Balaban J connectivity index is 2.11. The smallest absolute Gasteiger partial charge is 0.145 e. The van der Waals surface area contributed by atoms with Crippen molar-refractivity contribution in [3.63, 3.8) is 0 Å². The first-order chi connectivity index (χ1) is 14.4. The van der Waals surface area contributed by atoms with Gasteiger partial charge in [-0.15, -0.1) is 0 Å². The van der Waals surface area contributed by atoms with Crippen LogP contribution in [0.1, 0.15) is 47.6 Å². The Morgan fingerprint density at radius 1 is 0.833 bits per heavy atom. The van der Waals surface area contributed by atoms with E-state index in [-0.39, 0.29) is 0 Å². The molecule has 0 saturated heterocycles. The molecule has 0 N–H and O–H groups in total. The van der Waals surface area contributed by atoms with Crippen LogP contribution < -0.4 is 0 Å². The van der Waals surface area contributed by atoms with E-state index >= 15 is 0 Å². The van der Waals surface area contributed by atoms with Crippen LogP contribution in [0.2, 0.25) is 0 Å². The normalized spacial score (nSPS) is 12.0. The number of fused-ring (bicyclic) bond motifs is 6. The fraction of sp³-hybridized carbons (Fsp3) is 0.250. The minimum absolute atomic E-state index is 0.421. The number of pyridine rings is 1. The zero-order valence-corrected chi connectivity index (χ0v) is 18.7. The van der Waals surface area contributed by atoms with Gasteiger partial charge in [-0.3, -0.25) is 4.40 Å². The summed E-state index contributed by atoms with van der Waals surface area (Å²) in [5.74, 6) is 0.421. The number of rotatable bonds is 2. The molecule has 0 saturated carbocycles. The van der Waals surface area contributed by atoms with Gasteiger partial charge in [0.2, 0.25) is 0 Å². The highest BCUT2D eigenvalue weighted by atomic mass is 15.0. The molecule has 2 aromatic heterocycles. The van der Waals surface area contributed by atoms with Crippen LogP contribution in [0, 0.1) is 27.7 Å². The SMILES string of the molecule is Cc1cc(C)c(-c2ccc(C(C)C)c3c2c2cccc(C)c2n2ccnc32)c(C)c1. The largest absolute Gasteiger partial charge is 0.299 e. The minimum atomic E-state index is 0.421. The van der Waals surface area contributed by atoms with E-state index in [1.807, 2.05) is 6.20 Å². The van der Waals surface area contributed by atoms with Crippen molar-refractivity contribution in [2.75, 3.05) is 0 Å². The number of hydrogen-bond acceptors (Lipinski definition) is 1. The van der Waals surface area contributed by atoms with E-state index in [2.05, 4.69) is 94.6 Å². The number of hydrogen-bond donors (Lipinski definition) is 0. The molecular weight excluding hydrogens is 364 g/mol. The van der Waals surface area contributed by atoms with Gasteiger partial charge in [-0.05, 0) is 67.0 Å². The monoisotopic (exact) mass is 392 g/mol. The second-order valence-electron chi connectivity index (χ2n) is 8.97. The summed E-state index contributed by atoms with van der Waals surface area (Å²) in [6.07, 6.45) is 4.03. The third kappa shape index (κ3) is 2.60. The van der Waals surface area contributed by atoms with E-state index in [1.54, 1.807) is 0 Å². The molecule has 150 valence electrons. The molecule has 0 spiro atoms. The first kappa shape index (κ1) is 18.9. The van der Waals surface area contributed by atoms with Crippen molar-refractivity contribution >= 4 is 27.3 Å². The minimum Gasteiger partial charge on any atom is -0.299 e. The molecule has 3 aromatic carbocycles. The average molecular weight is 393 g/mol. The van der Waals surface area contributed by atoms with Gasteiger partial charge in [0.25, 0.3) is 0 Å². The third-order valence-electron chi connectivity index (χ3n) is 6.42. The number of imidazole rings is 1. The van der Waals surface area contributed by atoms with E-state index in [9.17, 15) is 0 Å². The van der Waals surface area contributed by atoms with Crippen molar-refractivity contribution in [2.45, 2.75) is 47.5 Å². The lowest BCUT2D eigenvalue weighted by Crippen LogP contribution is -2.00. The average Bonchev–Trinajstić information content (AvgIpc) is 3.16. The number of para-hydroxylation sites is 1. The topological polar surface area (TPSA) is 17.3 Å². The summed E-state index contributed by atoms with van der Waals surface area (Å²) < 4.78 is 2.28. The number of aryl methyl sites for hydroxylation is 4. The van der Waals surface area contributed by atoms with Crippen molar-refractivity contribution < 1.29 is 0 Å². The molecular formula is C28H28N2. The lowest BCUT2D eigenvalue weighted by atomic mass is 9.85. The molecule has 2 heteroatoms. The molecule has 30 heavy (non-hydrogen) atoms. The van der Waals surface area contributed by atoms with Gasteiger partial charge in [0.15, 0.2) is 0 Å². The molecule has 0 radical (unpaired) electrons. The number of aromatic nitrogens is 2. The van der Waals surface area contributed by atoms with Crippen LogP contribution in [-0.4, -0.2) is 9.38 Å². The number of nitrogens with zero attached hydrogens (tertiary/aromatic N) is 2. The van der Waals surface area contributed by atoms with Gasteiger partial charge in [0, 0.05) is 28.6 Å². The van der Waals surface area contributed by atoms with Crippen molar-refractivity contribution in [1.82, 2.24) is 9.38 Å². The van der Waals surface area contributed by atoms with Gasteiger partial charge in [-0.1, -0.05) is 61.9 Å². The van der Waals surface area contributed by atoms with E-state index in [0.717, 1.165) is 5.65 Å². The molecule has 0 aliphatic heterocycles. The van der Waals surface area contributed by atoms with Crippen molar-refractivity contribution in [3.8, 4) is 11.1 Å². The molecule has 0 unspecified atom stereocenters. The Kier molecular flexibility index (Phi) is 4.21. The highest BCUT2D eigenvalue weighted by molar-refractivity contribution is 6.19. The molecule has 5 aromatic rings. The zero-order valence-electron chi connectivity index (χ0n) is 18.7. The molecule has 0 amide bonds. The maximum Gasteiger partial charge on any atom is 0.145 e. The Bertz CT molecular complexity index is 1430. The standard InChI is InChI=1S/C28H28N2/c1-16(2)21-10-11-22(24-19(5)14-17(3)15-20(24)6)25-23-9-7-8-18(4)27(23)30-13-12-29-28(30)26(21)25/h7-16H,1-6H3. The Hall–Kier alpha value is -3.13. The van der Waals surface area contributed by atoms with E-state index in [4.69, 9.17) is 4.98 Å². The summed E-state index contributed by atoms with van der Waals surface area (Å²) in [7, 11) is 0. The van der Waals surface area contributed by atoms with Crippen molar-refractivity contribution in [3.05, 3.63) is 82.7 Å². The maximum absolute atomic E-state index is 4.84. The lowest BCUT2D eigenvalue weighted by molar-refractivity contribution is 0.876. The highest BCUT2D eigenvalue weighted by Gasteiger charge is 2.20. The molecule has 0 atom stereocenters. The molecule has 0 bridgehead atoms. The number of benzene rings is 3. The van der Waals surface area contributed by atoms with E-state index in [0.29, 0.717) is 5.92 Å². The van der Waals surface area contributed by atoms with Gasteiger partial charge in [-0.2, -0.15) is 0 Å². The van der Waals surface area contributed by atoms with E-state index in [1.165, 1.54) is 60.6 Å². The predicted molar refractivity (Wildman–Crippen MR) is 129 cm³/mol. The first-order valence-electron chi connectivity index (χ1n) is 10.8. The van der Waals surface area contributed by atoms with Gasteiger partial charge in [-0.25, -0.2) is 4.98 Å². The summed E-state index contributed by atoms with van der Waals surface area (Å²) in [5, 5.41) is 3.91. The van der Waals surface area contributed by atoms with E-state index < -0.39 is 0 Å². The summed E-state index contributed by atoms with van der Waals surface area (Å²) in [6.45, 7) is 13.4. The quantitative estimate of drug-likeness (QED) is 0.282. The fourth-order valence-electron chi connectivity index (χ4n) is 5.28. The maximum atomic E-state index is 4.84. The Morgan fingerprint density at radius 2 is 1.57 bits per heavy atom. The first-order valence-corrected chi connectivity index (χ1v) is 10.8. The Morgan fingerprint density at radius 3 is 2.27 bits per heavy atom. The van der Waals surface area contributed by atoms with Crippen LogP contribution >= 0.6 is 0 Å². The van der Waals surface area contributed by atoms with Crippen LogP contribution in [-0.2, 0) is 0 Å². The summed E-state index contributed by atoms with van der Waals surface area (Å²) in [6, 6.07) is 15.9. The molecule has 5 rings (SSSR count). The van der Waals surface area contributed by atoms with Crippen molar-refractivity contribution in [2.24, 2.45) is 0 Å². The zero-order chi connectivity index (χ0) is 21.2. The molecule has 0 aliphatic rings.